The first-order valence-electron chi connectivity index (χ1n) is 6.69. The second-order valence-corrected chi connectivity index (χ2v) is 4.97. The topological polar surface area (TPSA) is 52.1 Å². The van der Waals surface area contributed by atoms with E-state index in [0.29, 0.717) is 13.0 Å². The minimum absolute atomic E-state index is 0.00637. The van der Waals surface area contributed by atoms with E-state index in [9.17, 15) is 18.0 Å². The predicted octanol–water partition coefficient (Wildman–Crippen LogP) is 4.33. The number of alkyl halides is 3. The largest absolute Gasteiger partial charge is 0.494 e. The van der Waals surface area contributed by atoms with Crippen molar-refractivity contribution in [2.75, 3.05) is 6.61 Å². The summed E-state index contributed by atoms with van der Waals surface area (Å²) in [7, 11) is 0. The van der Waals surface area contributed by atoms with Gasteiger partial charge in [0.1, 0.15) is 5.75 Å². The molecule has 0 saturated heterocycles. The van der Waals surface area contributed by atoms with Crippen molar-refractivity contribution in [2.24, 2.45) is 0 Å². The van der Waals surface area contributed by atoms with E-state index in [1.165, 1.54) is 12.1 Å². The Kier molecular flexibility index (Phi) is 5.20. The summed E-state index contributed by atoms with van der Waals surface area (Å²) in [6.45, 7) is 2.17. The third-order valence-corrected chi connectivity index (χ3v) is 3.11. The number of hydrogen-bond donors (Lipinski definition) is 0. The van der Waals surface area contributed by atoms with Gasteiger partial charge in [0.05, 0.1) is 17.7 Å². The lowest BCUT2D eigenvalue weighted by molar-refractivity contribution is -0.137. The zero-order valence-corrected chi connectivity index (χ0v) is 12.8. The van der Waals surface area contributed by atoms with Crippen LogP contribution in [-0.4, -0.2) is 21.8 Å². The Hall–Kier alpha value is -2.15. The highest BCUT2D eigenvalue weighted by Crippen LogP contribution is 2.38. The molecule has 4 nitrogen and oxygen atoms in total. The Balaban J connectivity index is 2.46. The van der Waals surface area contributed by atoms with Crippen LogP contribution in [0, 0.1) is 0 Å². The maximum atomic E-state index is 13.3. The molecule has 2 rings (SSSR count). The standard InChI is InChI=1S/C15H12ClF3N2O2/c1-2-5-23-10-3-4-11(12(6-10)15(17,18)19)14-20-7-9(8-21-14)13(16)22/h3-4,6-8H,2,5H2,1H3. The summed E-state index contributed by atoms with van der Waals surface area (Å²) in [6.07, 6.45) is -1.75. The lowest BCUT2D eigenvalue weighted by Crippen LogP contribution is -2.09. The first-order chi connectivity index (χ1) is 10.8. The molecular weight excluding hydrogens is 333 g/mol. The third-order valence-electron chi connectivity index (χ3n) is 2.89. The summed E-state index contributed by atoms with van der Waals surface area (Å²) in [4.78, 5) is 18.5. The Labute approximate surface area is 135 Å². The van der Waals surface area contributed by atoms with Crippen molar-refractivity contribution in [1.82, 2.24) is 9.97 Å². The van der Waals surface area contributed by atoms with Crippen molar-refractivity contribution in [2.45, 2.75) is 19.5 Å². The van der Waals surface area contributed by atoms with Crippen molar-refractivity contribution in [3.63, 3.8) is 0 Å². The van der Waals surface area contributed by atoms with Crippen LogP contribution in [0.15, 0.2) is 30.6 Å². The molecule has 23 heavy (non-hydrogen) atoms. The van der Waals surface area contributed by atoms with Crippen LogP contribution in [-0.2, 0) is 6.18 Å². The molecule has 2 aromatic rings. The molecule has 0 radical (unpaired) electrons. The molecule has 8 heteroatoms. The molecule has 0 aliphatic rings. The highest BCUT2D eigenvalue weighted by molar-refractivity contribution is 6.67. The van der Waals surface area contributed by atoms with Gasteiger partial charge in [0.15, 0.2) is 5.82 Å². The molecule has 1 aromatic carbocycles. The molecule has 0 bridgehead atoms. The van der Waals surface area contributed by atoms with Crippen LogP contribution in [0.1, 0.15) is 29.3 Å². The first-order valence-corrected chi connectivity index (χ1v) is 7.07. The van der Waals surface area contributed by atoms with Gasteiger partial charge in [0.2, 0.25) is 0 Å². The minimum Gasteiger partial charge on any atom is -0.494 e. The number of aromatic nitrogens is 2. The van der Waals surface area contributed by atoms with E-state index in [1.54, 1.807) is 0 Å². The van der Waals surface area contributed by atoms with Gasteiger partial charge in [-0.25, -0.2) is 9.97 Å². The second-order valence-electron chi connectivity index (χ2n) is 4.62. The fourth-order valence-corrected chi connectivity index (χ4v) is 1.93. The van der Waals surface area contributed by atoms with Crippen LogP contribution in [0.3, 0.4) is 0 Å². The van der Waals surface area contributed by atoms with Crippen LogP contribution < -0.4 is 4.74 Å². The number of hydrogen-bond acceptors (Lipinski definition) is 4. The zero-order chi connectivity index (χ0) is 17.0. The fraction of sp³-hybridized carbons (Fsp3) is 0.267. The normalized spacial score (nSPS) is 11.3. The van der Waals surface area contributed by atoms with E-state index < -0.39 is 17.0 Å². The third kappa shape index (κ3) is 4.19. The summed E-state index contributed by atoms with van der Waals surface area (Å²) >= 11 is 5.26. The SMILES string of the molecule is CCCOc1ccc(-c2ncc(C(=O)Cl)cn2)c(C(F)(F)F)c1. The highest BCUT2D eigenvalue weighted by atomic mass is 35.5. The number of halogens is 4. The lowest BCUT2D eigenvalue weighted by atomic mass is 10.1. The van der Waals surface area contributed by atoms with Crippen molar-refractivity contribution in [3.05, 3.63) is 41.7 Å². The van der Waals surface area contributed by atoms with Gasteiger partial charge in [0.25, 0.3) is 5.24 Å². The van der Waals surface area contributed by atoms with Crippen molar-refractivity contribution in [3.8, 4) is 17.1 Å². The zero-order valence-electron chi connectivity index (χ0n) is 12.0. The van der Waals surface area contributed by atoms with E-state index in [4.69, 9.17) is 16.3 Å². The summed E-state index contributed by atoms with van der Waals surface area (Å²) in [5, 5.41) is -0.782. The average molecular weight is 345 g/mol. The molecule has 0 spiro atoms. The molecule has 0 atom stereocenters. The average Bonchev–Trinajstić information content (AvgIpc) is 2.52. The molecule has 0 aliphatic carbocycles. The molecule has 0 fully saturated rings. The maximum absolute atomic E-state index is 13.3. The fourth-order valence-electron chi connectivity index (χ4n) is 1.83. The van der Waals surface area contributed by atoms with Crippen LogP contribution in [0.2, 0.25) is 0 Å². The van der Waals surface area contributed by atoms with Gasteiger partial charge in [-0.05, 0) is 36.2 Å². The Bertz CT molecular complexity index is 703. The van der Waals surface area contributed by atoms with Crippen molar-refractivity contribution in [1.29, 1.82) is 0 Å². The summed E-state index contributed by atoms with van der Waals surface area (Å²) in [5.74, 6) is -0.0310. The molecule has 0 amide bonds. The van der Waals surface area contributed by atoms with E-state index in [0.717, 1.165) is 18.5 Å². The number of nitrogens with zero attached hydrogens (tertiary/aromatic N) is 2. The van der Waals surface area contributed by atoms with Crippen LogP contribution in [0.5, 0.6) is 5.75 Å². The van der Waals surface area contributed by atoms with Gasteiger partial charge in [-0.3, -0.25) is 4.79 Å². The maximum Gasteiger partial charge on any atom is 0.417 e. The monoisotopic (exact) mass is 344 g/mol. The van der Waals surface area contributed by atoms with Crippen molar-refractivity contribution < 1.29 is 22.7 Å². The van der Waals surface area contributed by atoms with Gasteiger partial charge in [0, 0.05) is 18.0 Å². The Morgan fingerprint density at radius 2 is 1.91 bits per heavy atom. The number of carbonyl (C=O) groups is 1. The molecule has 0 unspecified atom stereocenters. The van der Waals surface area contributed by atoms with Gasteiger partial charge < -0.3 is 4.74 Å². The Morgan fingerprint density at radius 1 is 1.26 bits per heavy atom. The summed E-state index contributed by atoms with van der Waals surface area (Å²) in [6, 6.07) is 3.57. The molecule has 1 aromatic heterocycles. The second kappa shape index (κ2) is 6.95. The lowest BCUT2D eigenvalue weighted by Gasteiger charge is -2.14. The quantitative estimate of drug-likeness (QED) is 0.757. The number of benzene rings is 1. The molecule has 0 N–H and O–H groups in total. The number of carbonyl (C=O) groups excluding carboxylic acids is 1. The molecule has 1 heterocycles. The van der Waals surface area contributed by atoms with Gasteiger partial charge >= 0.3 is 6.18 Å². The predicted molar refractivity (Wildman–Crippen MR) is 78.4 cm³/mol. The van der Waals surface area contributed by atoms with Crippen LogP contribution in [0.4, 0.5) is 13.2 Å². The Morgan fingerprint density at radius 3 is 2.43 bits per heavy atom. The van der Waals surface area contributed by atoms with Gasteiger partial charge in [-0.2, -0.15) is 13.2 Å². The van der Waals surface area contributed by atoms with E-state index in [1.807, 2.05) is 6.92 Å². The van der Waals surface area contributed by atoms with Crippen LogP contribution in [0.25, 0.3) is 11.4 Å². The molecule has 0 aliphatic heterocycles. The van der Waals surface area contributed by atoms with E-state index >= 15 is 0 Å². The number of ether oxygens (including phenoxy) is 1. The highest BCUT2D eigenvalue weighted by Gasteiger charge is 2.35. The van der Waals surface area contributed by atoms with Crippen LogP contribution >= 0.6 is 11.6 Å². The first kappa shape index (κ1) is 17.2. The van der Waals surface area contributed by atoms with E-state index in [-0.39, 0.29) is 22.7 Å². The van der Waals surface area contributed by atoms with E-state index in [2.05, 4.69) is 9.97 Å². The number of rotatable bonds is 5. The summed E-state index contributed by atoms with van der Waals surface area (Å²) in [5.41, 5.74) is -1.10. The molecule has 0 saturated carbocycles. The van der Waals surface area contributed by atoms with Gasteiger partial charge in [-0.15, -0.1) is 0 Å². The smallest absolute Gasteiger partial charge is 0.417 e. The minimum atomic E-state index is -4.59. The molecule has 122 valence electrons. The van der Waals surface area contributed by atoms with Crippen molar-refractivity contribution >= 4 is 16.8 Å². The van der Waals surface area contributed by atoms with Gasteiger partial charge in [-0.1, -0.05) is 6.92 Å². The summed E-state index contributed by atoms with van der Waals surface area (Å²) < 4.78 is 45.0. The molecular formula is C15H12ClF3N2O2.